The molecule has 1 aromatic carbocycles. The summed E-state index contributed by atoms with van der Waals surface area (Å²) in [6.07, 6.45) is 1.49. The molecule has 1 aliphatic carbocycles. The second kappa shape index (κ2) is 5.35. The lowest BCUT2D eigenvalue weighted by molar-refractivity contribution is -0.137. The summed E-state index contributed by atoms with van der Waals surface area (Å²) in [5.41, 5.74) is -0.0725. The van der Waals surface area contributed by atoms with Crippen LogP contribution in [0.2, 0.25) is 10.0 Å². The SMILES string of the molecule is O=C(O)CN(C(=O)c1cc(F)c(Cl)cc1Cl)C1CC1. The minimum absolute atomic E-state index is 0.00689. The Kier molecular flexibility index (Phi) is 3.96. The molecule has 1 aliphatic rings. The average molecular weight is 306 g/mol. The fraction of sp³-hybridized carbons (Fsp3) is 0.333. The maximum atomic E-state index is 13.4. The number of carbonyl (C=O) groups excluding carboxylic acids is 1. The number of carbonyl (C=O) groups is 2. The number of halogens is 3. The molecule has 0 atom stereocenters. The predicted octanol–water partition coefficient (Wildman–Crippen LogP) is 2.82. The fourth-order valence-electron chi connectivity index (χ4n) is 1.74. The predicted molar refractivity (Wildman–Crippen MR) is 68.1 cm³/mol. The van der Waals surface area contributed by atoms with Crippen LogP contribution in [-0.4, -0.2) is 34.5 Å². The van der Waals surface area contributed by atoms with Gasteiger partial charge in [0, 0.05) is 6.04 Å². The van der Waals surface area contributed by atoms with Crippen molar-refractivity contribution in [3.05, 3.63) is 33.6 Å². The van der Waals surface area contributed by atoms with Crippen LogP contribution in [0, 0.1) is 5.82 Å². The van der Waals surface area contributed by atoms with E-state index in [1.165, 1.54) is 4.90 Å². The van der Waals surface area contributed by atoms with Gasteiger partial charge >= 0.3 is 5.97 Å². The molecule has 1 N–H and O–H groups in total. The number of hydrogen-bond acceptors (Lipinski definition) is 2. The van der Waals surface area contributed by atoms with Gasteiger partial charge in [0.15, 0.2) is 0 Å². The third kappa shape index (κ3) is 3.16. The van der Waals surface area contributed by atoms with Gasteiger partial charge in [-0.3, -0.25) is 9.59 Å². The largest absolute Gasteiger partial charge is 0.480 e. The highest BCUT2D eigenvalue weighted by atomic mass is 35.5. The van der Waals surface area contributed by atoms with Gasteiger partial charge in [-0.15, -0.1) is 0 Å². The van der Waals surface area contributed by atoms with Crippen LogP contribution >= 0.6 is 23.2 Å². The minimum Gasteiger partial charge on any atom is -0.480 e. The number of amides is 1. The molecule has 2 rings (SSSR count). The minimum atomic E-state index is -1.12. The van der Waals surface area contributed by atoms with Gasteiger partial charge in [-0.1, -0.05) is 23.2 Å². The summed E-state index contributed by atoms with van der Waals surface area (Å²) < 4.78 is 13.4. The Morgan fingerprint density at radius 3 is 2.47 bits per heavy atom. The summed E-state index contributed by atoms with van der Waals surface area (Å²) in [5, 5.41) is 8.63. The van der Waals surface area contributed by atoms with E-state index in [0.717, 1.165) is 25.0 Å². The molecule has 0 saturated heterocycles. The van der Waals surface area contributed by atoms with E-state index in [1.54, 1.807) is 0 Å². The zero-order valence-electron chi connectivity index (χ0n) is 9.70. The summed E-state index contributed by atoms with van der Waals surface area (Å²) in [4.78, 5) is 24.2. The molecule has 0 bridgehead atoms. The first-order chi connectivity index (χ1) is 8.90. The average Bonchev–Trinajstić information content (AvgIpc) is 3.14. The number of hydrogen-bond donors (Lipinski definition) is 1. The first-order valence-electron chi connectivity index (χ1n) is 5.57. The van der Waals surface area contributed by atoms with E-state index in [1.807, 2.05) is 0 Å². The number of aliphatic carboxylic acids is 1. The van der Waals surface area contributed by atoms with E-state index in [2.05, 4.69) is 0 Å². The van der Waals surface area contributed by atoms with Crippen LogP contribution in [0.5, 0.6) is 0 Å². The first kappa shape index (κ1) is 14.1. The van der Waals surface area contributed by atoms with E-state index in [9.17, 15) is 14.0 Å². The lowest BCUT2D eigenvalue weighted by Gasteiger charge is -2.20. The lowest BCUT2D eigenvalue weighted by atomic mass is 10.2. The second-order valence-corrected chi connectivity index (χ2v) is 5.12. The van der Waals surface area contributed by atoms with Crippen LogP contribution in [-0.2, 0) is 4.79 Å². The van der Waals surface area contributed by atoms with Gasteiger partial charge in [-0.25, -0.2) is 4.39 Å². The molecule has 102 valence electrons. The first-order valence-corrected chi connectivity index (χ1v) is 6.33. The zero-order valence-corrected chi connectivity index (χ0v) is 11.2. The molecular weight excluding hydrogens is 296 g/mol. The van der Waals surface area contributed by atoms with E-state index >= 15 is 0 Å². The second-order valence-electron chi connectivity index (χ2n) is 4.30. The Labute approximate surface area is 118 Å². The monoisotopic (exact) mass is 305 g/mol. The molecule has 0 spiro atoms. The van der Waals surface area contributed by atoms with Crippen LogP contribution in [0.15, 0.2) is 12.1 Å². The Bertz CT molecular complexity index is 546. The van der Waals surface area contributed by atoms with Crippen molar-refractivity contribution in [1.29, 1.82) is 0 Å². The van der Waals surface area contributed by atoms with Gasteiger partial charge in [0.25, 0.3) is 5.91 Å². The molecule has 0 unspecified atom stereocenters. The number of carboxylic acids is 1. The quantitative estimate of drug-likeness (QED) is 0.870. The van der Waals surface area contributed by atoms with Gasteiger partial charge in [0.1, 0.15) is 12.4 Å². The van der Waals surface area contributed by atoms with E-state index in [4.69, 9.17) is 28.3 Å². The summed E-state index contributed by atoms with van der Waals surface area (Å²) in [6, 6.07) is 1.96. The van der Waals surface area contributed by atoms with Crippen molar-refractivity contribution >= 4 is 35.1 Å². The highest BCUT2D eigenvalue weighted by Crippen LogP contribution is 2.31. The Morgan fingerprint density at radius 2 is 1.95 bits per heavy atom. The molecule has 0 aliphatic heterocycles. The molecule has 4 nitrogen and oxygen atoms in total. The number of carboxylic acid groups (broad SMARTS) is 1. The normalized spacial score (nSPS) is 14.3. The Morgan fingerprint density at radius 1 is 1.32 bits per heavy atom. The number of rotatable bonds is 4. The van der Waals surface area contributed by atoms with Crippen molar-refractivity contribution in [2.75, 3.05) is 6.54 Å². The molecule has 0 radical (unpaired) electrons. The molecule has 1 amide bonds. The highest BCUT2D eigenvalue weighted by Gasteiger charge is 2.35. The lowest BCUT2D eigenvalue weighted by Crippen LogP contribution is -2.37. The van der Waals surface area contributed by atoms with Crippen LogP contribution < -0.4 is 0 Å². The summed E-state index contributed by atoms with van der Waals surface area (Å²) in [7, 11) is 0. The van der Waals surface area contributed by atoms with Crippen molar-refractivity contribution in [2.45, 2.75) is 18.9 Å². The topological polar surface area (TPSA) is 57.6 Å². The van der Waals surface area contributed by atoms with Gasteiger partial charge in [-0.05, 0) is 25.0 Å². The van der Waals surface area contributed by atoms with Crippen molar-refractivity contribution < 1.29 is 19.1 Å². The van der Waals surface area contributed by atoms with Gasteiger partial charge < -0.3 is 10.0 Å². The Hall–Kier alpha value is -1.33. The standard InChI is InChI=1S/C12H10Cl2FNO3/c13-8-4-9(14)10(15)3-7(8)12(19)16(5-11(17)18)6-1-2-6/h3-4,6H,1-2,5H2,(H,17,18). The zero-order chi connectivity index (χ0) is 14.2. The fourth-order valence-corrected chi connectivity index (χ4v) is 2.20. The van der Waals surface area contributed by atoms with Gasteiger partial charge in [0.2, 0.25) is 0 Å². The van der Waals surface area contributed by atoms with E-state index in [-0.39, 0.29) is 21.7 Å². The molecule has 0 aromatic heterocycles. The third-order valence-corrected chi connectivity index (χ3v) is 3.40. The maximum Gasteiger partial charge on any atom is 0.323 e. The maximum absolute atomic E-state index is 13.4. The number of benzene rings is 1. The van der Waals surface area contributed by atoms with Gasteiger partial charge in [-0.2, -0.15) is 0 Å². The molecule has 19 heavy (non-hydrogen) atoms. The molecule has 0 heterocycles. The van der Waals surface area contributed by atoms with Crippen molar-refractivity contribution in [1.82, 2.24) is 4.90 Å². The van der Waals surface area contributed by atoms with Crippen molar-refractivity contribution in [3.8, 4) is 0 Å². The molecule has 7 heteroatoms. The Balaban J connectivity index is 2.31. The molecular formula is C12H10Cl2FNO3. The summed E-state index contributed by atoms with van der Waals surface area (Å²) in [6.45, 7) is -0.427. The van der Waals surface area contributed by atoms with Crippen LogP contribution in [0.1, 0.15) is 23.2 Å². The molecule has 1 saturated carbocycles. The third-order valence-electron chi connectivity index (χ3n) is 2.79. The van der Waals surface area contributed by atoms with E-state index < -0.39 is 24.2 Å². The summed E-state index contributed by atoms with van der Waals surface area (Å²) >= 11 is 11.4. The highest BCUT2D eigenvalue weighted by molar-refractivity contribution is 6.36. The molecule has 1 fully saturated rings. The number of nitrogens with zero attached hydrogens (tertiary/aromatic N) is 1. The van der Waals surface area contributed by atoms with Crippen LogP contribution in [0.3, 0.4) is 0 Å². The van der Waals surface area contributed by atoms with Crippen LogP contribution in [0.4, 0.5) is 4.39 Å². The van der Waals surface area contributed by atoms with Crippen molar-refractivity contribution in [3.63, 3.8) is 0 Å². The van der Waals surface area contributed by atoms with Crippen molar-refractivity contribution in [2.24, 2.45) is 0 Å². The molecule has 1 aromatic rings. The van der Waals surface area contributed by atoms with Crippen LogP contribution in [0.25, 0.3) is 0 Å². The summed E-state index contributed by atoms with van der Waals surface area (Å²) in [5.74, 6) is -2.48. The van der Waals surface area contributed by atoms with E-state index in [0.29, 0.717) is 0 Å². The van der Waals surface area contributed by atoms with Gasteiger partial charge in [0.05, 0.1) is 15.6 Å². The smallest absolute Gasteiger partial charge is 0.323 e.